The zero-order valence-electron chi connectivity index (χ0n) is 14.2. The van der Waals surface area contributed by atoms with Gasteiger partial charge in [0, 0.05) is 16.1 Å². The van der Waals surface area contributed by atoms with Gasteiger partial charge in [0.25, 0.3) is 5.91 Å². The summed E-state index contributed by atoms with van der Waals surface area (Å²) < 4.78 is 0. The van der Waals surface area contributed by atoms with E-state index < -0.39 is 5.91 Å². The van der Waals surface area contributed by atoms with Gasteiger partial charge in [-0.1, -0.05) is 83.9 Å². The molecule has 3 aromatic carbocycles. The van der Waals surface area contributed by atoms with Crippen LogP contribution in [0.2, 0.25) is 5.02 Å². The first-order valence-electron chi connectivity index (χ1n) is 8.17. The number of hydrogen-bond donors (Lipinski definition) is 1. The maximum atomic E-state index is 12.8. The number of hydrogen-bond acceptors (Lipinski definition) is 2. The van der Waals surface area contributed by atoms with Crippen molar-refractivity contribution in [2.75, 3.05) is 5.32 Å². The number of rotatable bonds is 5. The highest BCUT2D eigenvalue weighted by atomic mass is 35.5. The highest BCUT2D eigenvalue weighted by Crippen LogP contribution is 2.25. The van der Waals surface area contributed by atoms with Crippen molar-refractivity contribution in [2.24, 2.45) is 0 Å². The van der Waals surface area contributed by atoms with Crippen LogP contribution in [0.1, 0.15) is 21.5 Å². The second-order valence-electron chi connectivity index (χ2n) is 5.74. The van der Waals surface area contributed by atoms with E-state index >= 15 is 0 Å². The van der Waals surface area contributed by atoms with Crippen LogP contribution in [0.15, 0.2) is 83.9 Å². The molecule has 5 heteroatoms. The number of carbonyl (C=O) groups excluding carboxylic acids is 2. The fourth-order valence-electron chi connectivity index (χ4n) is 2.50. The second kappa shape index (κ2) is 8.67. The van der Waals surface area contributed by atoms with E-state index in [0.717, 1.165) is 5.56 Å². The van der Waals surface area contributed by atoms with Crippen LogP contribution in [0.5, 0.6) is 0 Å². The Hall–Kier alpha value is -2.88. The van der Waals surface area contributed by atoms with E-state index in [0.29, 0.717) is 21.8 Å². The number of ketones is 1. The molecular formula is C22H15Cl2NO2. The minimum atomic E-state index is -0.509. The lowest BCUT2D eigenvalue weighted by Gasteiger charge is -2.11. The molecule has 3 rings (SSSR count). The molecule has 1 N–H and O–H groups in total. The number of amides is 1. The Kier molecular flexibility index (Phi) is 6.07. The molecule has 0 aliphatic carbocycles. The highest BCUT2D eigenvalue weighted by Gasteiger charge is 2.17. The number of anilines is 1. The van der Waals surface area contributed by atoms with Crippen molar-refractivity contribution in [3.8, 4) is 0 Å². The standard InChI is InChI=1S/C22H15Cl2NO2/c23-17-11-12-20(18(14-17)21(26)16-9-5-2-6-10-16)25-22(27)19(24)13-15-7-3-1-4-8-15/h1-14H,(H,25,27)/b19-13-. The molecule has 0 bridgehead atoms. The van der Waals surface area contributed by atoms with Crippen LogP contribution in [0.25, 0.3) is 6.08 Å². The van der Waals surface area contributed by atoms with E-state index in [1.165, 1.54) is 6.07 Å². The molecule has 0 aliphatic heterocycles. The summed E-state index contributed by atoms with van der Waals surface area (Å²) in [4.78, 5) is 25.3. The minimum absolute atomic E-state index is 0.00857. The Morgan fingerprint density at radius 3 is 2.15 bits per heavy atom. The molecule has 1 amide bonds. The van der Waals surface area contributed by atoms with Crippen LogP contribution >= 0.6 is 23.2 Å². The summed E-state index contributed by atoms with van der Waals surface area (Å²) in [5.74, 6) is -0.749. The molecule has 3 aromatic rings. The lowest BCUT2D eigenvalue weighted by atomic mass is 10.0. The molecule has 27 heavy (non-hydrogen) atoms. The van der Waals surface area contributed by atoms with E-state index in [9.17, 15) is 9.59 Å². The third kappa shape index (κ3) is 4.85. The summed E-state index contributed by atoms with van der Waals surface area (Å²) in [7, 11) is 0. The number of carbonyl (C=O) groups is 2. The van der Waals surface area contributed by atoms with Crippen LogP contribution in [-0.4, -0.2) is 11.7 Å². The lowest BCUT2D eigenvalue weighted by Crippen LogP contribution is -2.15. The zero-order valence-corrected chi connectivity index (χ0v) is 15.7. The molecule has 134 valence electrons. The Bertz CT molecular complexity index is 999. The van der Waals surface area contributed by atoms with Gasteiger partial charge in [0.1, 0.15) is 5.03 Å². The molecule has 3 nitrogen and oxygen atoms in total. The molecule has 0 aliphatic rings. The number of nitrogens with one attached hydrogen (secondary N) is 1. The predicted molar refractivity (Wildman–Crippen MR) is 110 cm³/mol. The zero-order chi connectivity index (χ0) is 19.2. The van der Waals surface area contributed by atoms with Crippen LogP contribution in [0, 0.1) is 0 Å². The van der Waals surface area contributed by atoms with Gasteiger partial charge in [-0.25, -0.2) is 0 Å². The van der Waals surface area contributed by atoms with Crippen molar-refractivity contribution in [3.05, 3.63) is 106 Å². The first-order chi connectivity index (χ1) is 13.0. The summed E-state index contributed by atoms with van der Waals surface area (Å²) in [6.07, 6.45) is 1.56. The van der Waals surface area contributed by atoms with Gasteiger partial charge in [-0.3, -0.25) is 9.59 Å². The molecule has 0 saturated carbocycles. The molecule has 0 unspecified atom stereocenters. The molecule has 0 spiro atoms. The first kappa shape index (κ1) is 18.9. The van der Waals surface area contributed by atoms with Gasteiger partial charge in [0.05, 0.1) is 5.69 Å². The van der Waals surface area contributed by atoms with E-state index in [-0.39, 0.29) is 10.8 Å². The minimum Gasteiger partial charge on any atom is -0.321 e. The smallest absolute Gasteiger partial charge is 0.267 e. The van der Waals surface area contributed by atoms with Crippen molar-refractivity contribution in [1.29, 1.82) is 0 Å². The average molecular weight is 396 g/mol. The molecule has 0 atom stereocenters. The van der Waals surface area contributed by atoms with Crippen molar-refractivity contribution in [1.82, 2.24) is 0 Å². The average Bonchev–Trinajstić information content (AvgIpc) is 2.70. The quantitative estimate of drug-likeness (QED) is 0.438. The molecule has 0 saturated heterocycles. The van der Waals surface area contributed by atoms with Gasteiger partial charge >= 0.3 is 0 Å². The Morgan fingerprint density at radius 2 is 1.48 bits per heavy atom. The fourth-order valence-corrected chi connectivity index (χ4v) is 2.85. The third-order valence-corrected chi connectivity index (χ3v) is 4.34. The van der Waals surface area contributed by atoms with Gasteiger partial charge in [0.15, 0.2) is 5.78 Å². The summed E-state index contributed by atoms with van der Waals surface area (Å²) in [6, 6.07) is 22.8. The number of benzene rings is 3. The summed E-state index contributed by atoms with van der Waals surface area (Å²) in [5.41, 5.74) is 1.94. The van der Waals surface area contributed by atoms with E-state index in [2.05, 4.69) is 5.32 Å². The van der Waals surface area contributed by atoms with E-state index in [4.69, 9.17) is 23.2 Å². The Balaban J connectivity index is 1.88. The SMILES string of the molecule is O=C(Nc1ccc(Cl)cc1C(=O)c1ccccc1)/C(Cl)=C/c1ccccc1. The van der Waals surface area contributed by atoms with Crippen molar-refractivity contribution in [3.63, 3.8) is 0 Å². The van der Waals surface area contributed by atoms with Crippen LogP contribution in [-0.2, 0) is 4.79 Å². The van der Waals surface area contributed by atoms with Crippen LogP contribution in [0.4, 0.5) is 5.69 Å². The van der Waals surface area contributed by atoms with Gasteiger partial charge in [-0.05, 0) is 29.8 Å². The highest BCUT2D eigenvalue weighted by molar-refractivity contribution is 6.46. The fraction of sp³-hybridized carbons (Fsp3) is 0. The molecule has 0 aromatic heterocycles. The van der Waals surface area contributed by atoms with E-state index in [1.54, 1.807) is 42.5 Å². The predicted octanol–water partition coefficient (Wildman–Crippen LogP) is 5.79. The largest absolute Gasteiger partial charge is 0.321 e. The summed E-state index contributed by atoms with van der Waals surface area (Å²) >= 11 is 12.2. The van der Waals surface area contributed by atoms with Gasteiger partial charge in [-0.2, -0.15) is 0 Å². The first-order valence-corrected chi connectivity index (χ1v) is 8.93. The van der Waals surface area contributed by atoms with E-state index in [1.807, 2.05) is 36.4 Å². The second-order valence-corrected chi connectivity index (χ2v) is 6.59. The molecular weight excluding hydrogens is 381 g/mol. The Labute approximate surface area is 167 Å². The van der Waals surface area contributed by atoms with Gasteiger partial charge < -0.3 is 5.32 Å². The van der Waals surface area contributed by atoms with Crippen LogP contribution in [0.3, 0.4) is 0 Å². The number of halogens is 2. The maximum Gasteiger partial charge on any atom is 0.267 e. The van der Waals surface area contributed by atoms with Crippen LogP contribution < -0.4 is 5.32 Å². The lowest BCUT2D eigenvalue weighted by molar-refractivity contribution is -0.112. The van der Waals surface area contributed by atoms with Gasteiger partial charge in [0.2, 0.25) is 0 Å². The summed E-state index contributed by atoms with van der Waals surface area (Å²) in [6.45, 7) is 0. The molecule has 0 fully saturated rings. The van der Waals surface area contributed by atoms with Gasteiger partial charge in [-0.15, -0.1) is 0 Å². The van der Waals surface area contributed by atoms with Crippen molar-refractivity contribution < 1.29 is 9.59 Å². The van der Waals surface area contributed by atoms with Crippen molar-refractivity contribution >= 4 is 46.7 Å². The molecule has 0 radical (unpaired) electrons. The third-order valence-electron chi connectivity index (χ3n) is 3.82. The molecule has 0 heterocycles. The normalized spacial score (nSPS) is 11.1. The topological polar surface area (TPSA) is 46.2 Å². The van der Waals surface area contributed by atoms with Crippen molar-refractivity contribution in [2.45, 2.75) is 0 Å². The Morgan fingerprint density at radius 1 is 0.852 bits per heavy atom. The maximum absolute atomic E-state index is 12.8. The monoisotopic (exact) mass is 395 g/mol. The summed E-state index contributed by atoms with van der Waals surface area (Å²) in [5, 5.41) is 3.10.